The van der Waals surface area contributed by atoms with Gasteiger partial charge in [0.25, 0.3) is 0 Å². The fourth-order valence-electron chi connectivity index (χ4n) is 3.28. The zero-order valence-electron chi connectivity index (χ0n) is 13.8. The number of fused-ring (bicyclic) bond motifs is 1. The van der Waals surface area contributed by atoms with Gasteiger partial charge < -0.3 is 14.6 Å². The molecule has 3 heterocycles. The normalized spacial score (nSPS) is 18.0. The third-order valence-electron chi connectivity index (χ3n) is 4.46. The lowest BCUT2D eigenvalue weighted by atomic mass is 9.97. The summed E-state index contributed by atoms with van der Waals surface area (Å²) in [5, 5.41) is 8.45. The highest BCUT2D eigenvalue weighted by Crippen LogP contribution is 2.29. The van der Waals surface area contributed by atoms with Gasteiger partial charge in [-0.25, -0.2) is 4.98 Å². The van der Waals surface area contributed by atoms with E-state index in [1.54, 1.807) is 0 Å². The number of nitrogens with zero attached hydrogens (tertiary/aromatic N) is 4. The molecule has 1 aliphatic rings. The Morgan fingerprint density at radius 1 is 1.21 bits per heavy atom. The van der Waals surface area contributed by atoms with Crippen molar-refractivity contribution >= 4 is 16.9 Å². The van der Waals surface area contributed by atoms with Crippen molar-refractivity contribution in [1.29, 1.82) is 0 Å². The number of H-pyrrole nitrogens is 1. The van der Waals surface area contributed by atoms with Gasteiger partial charge in [0, 0.05) is 25.1 Å². The van der Waals surface area contributed by atoms with Gasteiger partial charge in [-0.3, -0.25) is 0 Å². The minimum absolute atomic E-state index is 0.388. The average Bonchev–Trinajstić information content (AvgIpc) is 3.07. The predicted molar refractivity (Wildman–Crippen MR) is 93.5 cm³/mol. The Hall–Kier alpha value is -2.63. The van der Waals surface area contributed by atoms with Gasteiger partial charge in [-0.05, 0) is 38.0 Å². The van der Waals surface area contributed by atoms with Gasteiger partial charge in [-0.1, -0.05) is 12.1 Å². The van der Waals surface area contributed by atoms with Crippen molar-refractivity contribution in [3.63, 3.8) is 0 Å². The van der Waals surface area contributed by atoms with Crippen LogP contribution in [0.4, 0.5) is 5.82 Å². The number of rotatable bonds is 4. The van der Waals surface area contributed by atoms with Crippen molar-refractivity contribution in [3.05, 3.63) is 42.2 Å². The van der Waals surface area contributed by atoms with E-state index >= 15 is 0 Å². The van der Waals surface area contributed by atoms with E-state index in [1.807, 2.05) is 37.3 Å². The molecule has 6 nitrogen and oxygen atoms in total. The van der Waals surface area contributed by atoms with E-state index in [9.17, 15) is 0 Å². The summed E-state index contributed by atoms with van der Waals surface area (Å²) < 4.78 is 5.37. The highest BCUT2D eigenvalue weighted by Gasteiger charge is 2.25. The molecule has 1 aromatic carbocycles. The number of aromatic amines is 1. The quantitative estimate of drug-likeness (QED) is 0.799. The van der Waals surface area contributed by atoms with Crippen molar-refractivity contribution in [1.82, 2.24) is 20.2 Å². The first kappa shape index (κ1) is 14.9. The molecular weight excluding hydrogens is 302 g/mol. The first-order chi connectivity index (χ1) is 11.8. The predicted octanol–water partition coefficient (Wildman–Crippen LogP) is 3.14. The lowest BCUT2D eigenvalue weighted by Gasteiger charge is -2.32. The van der Waals surface area contributed by atoms with E-state index in [0.717, 1.165) is 48.6 Å². The number of benzene rings is 1. The van der Waals surface area contributed by atoms with Crippen LogP contribution in [0.25, 0.3) is 11.0 Å². The molecule has 0 saturated carbocycles. The molecule has 124 valence electrons. The molecule has 1 fully saturated rings. The number of nitrogens with one attached hydrogen (secondary N) is 1. The Morgan fingerprint density at radius 2 is 2.12 bits per heavy atom. The Bertz CT molecular complexity index is 781. The molecule has 0 radical (unpaired) electrons. The maximum atomic E-state index is 5.37. The van der Waals surface area contributed by atoms with Crippen molar-refractivity contribution in [2.75, 3.05) is 24.6 Å². The van der Waals surface area contributed by atoms with E-state index in [4.69, 9.17) is 9.72 Å². The highest BCUT2D eigenvalue weighted by molar-refractivity contribution is 5.74. The molecule has 3 aromatic rings. The minimum atomic E-state index is 0.388. The summed E-state index contributed by atoms with van der Waals surface area (Å²) >= 11 is 0. The summed E-state index contributed by atoms with van der Waals surface area (Å²) in [6, 6.07) is 12.1. The number of para-hydroxylation sites is 2. The molecule has 1 saturated heterocycles. The number of imidazole rings is 1. The summed E-state index contributed by atoms with van der Waals surface area (Å²) in [4.78, 5) is 10.5. The molecule has 2 aromatic heterocycles. The molecule has 1 atom stereocenters. The van der Waals surface area contributed by atoms with Crippen LogP contribution in [-0.2, 0) is 0 Å². The molecule has 1 unspecified atom stereocenters. The summed E-state index contributed by atoms with van der Waals surface area (Å²) in [7, 11) is 0. The zero-order chi connectivity index (χ0) is 16.4. The SMILES string of the molecule is CCOc1ccc(N2CCCC(c3nc4ccccc4[nH]3)C2)nn1. The van der Waals surface area contributed by atoms with E-state index < -0.39 is 0 Å². The van der Waals surface area contributed by atoms with Crippen LogP contribution < -0.4 is 9.64 Å². The second-order valence-electron chi connectivity index (χ2n) is 6.09. The van der Waals surface area contributed by atoms with Gasteiger partial charge in [-0.15, -0.1) is 10.2 Å². The largest absolute Gasteiger partial charge is 0.477 e. The standard InChI is InChI=1S/C18H21N5O/c1-2-24-17-10-9-16(21-22-17)23-11-5-6-13(12-23)18-19-14-7-3-4-8-15(14)20-18/h3-4,7-10,13H,2,5-6,11-12H2,1H3,(H,19,20). The van der Waals surface area contributed by atoms with Crippen molar-refractivity contribution in [2.24, 2.45) is 0 Å². The Labute approximate surface area is 140 Å². The summed E-state index contributed by atoms with van der Waals surface area (Å²) in [5.74, 6) is 2.94. The molecule has 0 amide bonds. The third kappa shape index (κ3) is 2.91. The fourth-order valence-corrected chi connectivity index (χ4v) is 3.28. The maximum absolute atomic E-state index is 5.37. The molecule has 0 bridgehead atoms. The Balaban J connectivity index is 1.52. The Kier molecular flexibility index (Phi) is 4.02. The monoisotopic (exact) mass is 323 g/mol. The summed E-state index contributed by atoms with van der Waals surface area (Å²) in [5.41, 5.74) is 2.14. The third-order valence-corrected chi connectivity index (χ3v) is 4.46. The molecule has 1 aliphatic heterocycles. The topological polar surface area (TPSA) is 66.9 Å². The van der Waals surface area contributed by atoms with Crippen LogP contribution >= 0.6 is 0 Å². The van der Waals surface area contributed by atoms with Crippen LogP contribution in [-0.4, -0.2) is 39.9 Å². The van der Waals surface area contributed by atoms with Gasteiger partial charge in [0.1, 0.15) is 5.82 Å². The van der Waals surface area contributed by atoms with E-state index in [1.165, 1.54) is 0 Å². The van der Waals surface area contributed by atoms with Crippen LogP contribution in [0.1, 0.15) is 31.5 Å². The van der Waals surface area contributed by atoms with Gasteiger partial charge in [0.2, 0.25) is 5.88 Å². The van der Waals surface area contributed by atoms with Crippen LogP contribution in [0.15, 0.2) is 36.4 Å². The number of ether oxygens (including phenoxy) is 1. The second kappa shape index (κ2) is 6.47. The molecular formula is C18H21N5O. The summed E-state index contributed by atoms with van der Waals surface area (Å²) in [6.07, 6.45) is 2.26. The maximum Gasteiger partial charge on any atom is 0.233 e. The lowest BCUT2D eigenvalue weighted by molar-refractivity contribution is 0.322. The summed E-state index contributed by atoms with van der Waals surface area (Å²) in [6.45, 7) is 4.45. The smallest absolute Gasteiger partial charge is 0.233 e. The van der Waals surface area contributed by atoms with Gasteiger partial charge in [0.15, 0.2) is 5.82 Å². The Morgan fingerprint density at radius 3 is 2.92 bits per heavy atom. The van der Waals surface area contributed by atoms with Crippen molar-refractivity contribution in [3.8, 4) is 5.88 Å². The molecule has 0 aliphatic carbocycles. The van der Waals surface area contributed by atoms with Gasteiger partial charge in [0.05, 0.1) is 17.6 Å². The second-order valence-corrected chi connectivity index (χ2v) is 6.09. The average molecular weight is 323 g/mol. The van der Waals surface area contributed by atoms with E-state index in [2.05, 4.69) is 26.1 Å². The van der Waals surface area contributed by atoms with Crippen LogP contribution in [0.3, 0.4) is 0 Å². The first-order valence-corrected chi connectivity index (χ1v) is 8.49. The number of hydrogen-bond acceptors (Lipinski definition) is 5. The number of aromatic nitrogens is 4. The fraction of sp³-hybridized carbons (Fsp3) is 0.389. The molecule has 4 rings (SSSR count). The van der Waals surface area contributed by atoms with E-state index in [0.29, 0.717) is 18.4 Å². The van der Waals surface area contributed by atoms with E-state index in [-0.39, 0.29) is 0 Å². The minimum Gasteiger partial charge on any atom is -0.477 e. The van der Waals surface area contributed by atoms with Crippen LogP contribution in [0.5, 0.6) is 5.88 Å². The van der Waals surface area contributed by atoms with Gasteiger partial charge in [-0.2, -0.15) is 0 Å². The number of anilines is 1. The number of hydrogen-bond donors (Lipinski definition) is 1. The first-order valence-electron chi connectivity index (χ1n) is 8.49. The highest BCUT2D eigenvalue weighted by atomic mass is 16.5. The molecule has 6 heteroatoms. The number of piperidine rings is 1. The molecule has 1 N–H and O–H groups in total. The molecule has 24 heavy (non-hydrogen) atoms. The molecule has 0 spiro atoms. The van der Waals surface area contributed by atoms with Crippen LogP contribution in [0.2, 0.25) is 0 Å². The van der Waals surface area contributed by atoms with Gasteiger partial charge >= 0.3 is 0 Å². The van der Waals surface area contributed by atoms with Crippen molar-refractivity contribution in [2.45, 2.75) is 25.7 Å². The van der Waals surface area contributed by atoms with Crippen LogP contribution in [0, 0.1) is 0 Å². The lowest BCUT2D eigenvalue weighted by Crippen LogP contribution is -2.35. The van der Waals surface area contributed by atoms with Crippen molar-refractivity contribution < 1.29 is 4.74 Å². The zero-order valence-corrected chi connectivity index (χ0v) is 13.8.